The fourth-order valence-corrected chi connectivity index (χ4v) is 4.15. The largest absolute Gasteiger partial charge is 0.366 e. The molecular formula is C19H22O4S. The lowest BCUT2D eigenvalue weighted by Crippen LogP contribution is -2.52. The standard InChI is InChI=1S/C19H22O4S/c1-24(20,21)19(23-17-9-10-17)12-11-15(14-5-3-2-4-6-14)13-18(19)22-16-7-8-16/h2-6,11-13,16-18H,7-10H2,1H3. The summed E-state index contributed by atoms with van der Waals surface area (Å²) in [6.45, 7) is 0. The lowest BCUT2D eigenvalue weighted by molar-refractivity contribution is -0.0668. The molecule has 24 heavy (non-hydrogen) atoms. The number of ether oxygens (including phenoxy) is 2. The maximum absolute atomic E-state index is 12.6. The highest BCUT2D eigenvalue weighted by atomic mass is 32.2. The van der Waals surface area contributed by atoms with Crippen LogP contribution in [0.4, 0.5) is 0 Å². The minimum Gasteiger partial charge on any atom is -0.366 e. The molecule has 3 aliphatic rings. The van der Waals surface area contributed by atoms with Gasteiger partial charge in [-0.2, -0.15) is 0 Å². The average Bonchev–Trinajstić information content (AvgIpc) is 3.45. The van der Waals surface area contributed by atoms with Crippen LogP contribution >= 0.6 is 0 Å². The van der Waals surface area contributed by atoms with Crippen molar-refractivity contribution in [3.05, 3.63) is 54.1 Å². The Bertz CT molecular complexity index is 773. The van der Waals surface area contributed by atoms with Crippen LogP contribution in [-0.4, -0.2) is 37.9 Å². The van der Waals surface area contributed by atoms with Crippen LogP contribution in [0.25, 0.3) is 5.57 Å². The van der Waals surface area contributed by atoms with Crippen LogP contribution in [0.15, 0.2) is 48.6 Å². The lowest BCUT2D eigenvalue weighted by atomic mass is 9.96. The molecule has 0 spiro atoms. The highest BCUT2D eigenvalue weighted by molar-refractivity contribution is 7.92. The van der Waals surface area contributed by atoms with Crippen molar-refractivity contribution in [3.8, 4) is 0 Å². The van der Waals surface area contributed by atoms with Gasteiger partial charge in [-0.15, -0.1) is 0 Å². The molecule has 128 valence electrons. The van der Waals surface area contributed by atoms with Gasteiger partial charge >= 0.3 is 0 Å². The van der Waals surface area contributed by atoms with E-state index in [-0.39, 0.29) is 12.2 Å². The molecule has 1 aromatic rings. The Labute approximate surface area is 143 Å². The van der Waals surface area contributed by atoms with Crippen LogP contribution in [0.5, 0.6) is 0 Å². The second-order valence-corrected chi connectivity index (χ2v) is 9.07. The van der Waals surface area contributed by atoms with E-state index in [1.165, 1.54) is 6.26 Å². The van der Waals surface area contributed by atoms with E-state index >= 15 is 0 Å². The van der Waals surface area contributed by atoms with E-state index < -0.39 is 20.9 Å². The van der Waals surface area contributed by atoms with E-state index in [4.69, 9.17) is 9.47 Å². The molecule has 5 heteroatoms. The Morgan fingerprint density at radius 3 is 2.29 bits per heavy atom. The summed E-state index contributed by atoms with van der Waals surface area (Å²) in [5.41, 5.74) is 2.02. The summed E-state index contributed by atoms with van der Waals surface area (Å²) in [6, 6.07) is 9.94. The molecule has 0 N–H and O–H groups in total. The summed E-state index contributed by atoms with van der Waals surface area (Å²) in [5.74, 6) is 0. The second-order valence-electron chi connectivity index (χ2n) is 6.89. The van der Waals surface area contributed by atoms with E-state index in [0.29, 0.717) is 0 Å². The quantitative estimate of drug-likeness (QED) is 0.794. The van der Waals surface area contributed by atoms with Gasteiger partial charge in [0.2, 0.25) is 4.93 Å². The van der Waals surface area contributed by atoms with Crippen molar-refractivity contribution in [3.63, 3.8) is 0 Å². The van der Waals surface area contributed by atoms with Gasteiger partial charge in [-0.3, -0.25) is 0 Å². The molecule has 0 aliphatic heterocycles. The van der Waals surface area contributed by atoms with Gasteiger partial charge < -0.3 is 9.47 Å². The zero-order valence-electron chi connectivity index (χ0n) is 13.7. The SMILES string of the molecule is CS(=O)(=O)C1(OC2CC2)C=CC(c2ccccc2)=CC1OC1CC1. The summed E-state index contributed by atoms with van der Waals surface area (Å²) in [4.78, 5) is -1.41. The Morgan fingerprint density at radius 1 is 1.04 bits per heavy atom. The predicted molar refractivity (Wildman–Crippen MR) is 93.1 cm³/mol. The highest BCUT2D eigenvalue weighted by Crippen LogP contribution is 2.42. The van der Waals surface area contributed by atoms with Gasteiger partial charge in [-0.05, 0) is 49.0 Å². The first-order valence-corrected chi connectivity index (χ1v) is 10.4. The molecule has 0 radical (unpaired) electrons. The summed E-state index contributed by atoms with van der Waals surface area (Å²) >= 11 is 0. The Kier molecular flexibility index (Phi) is 3.90. The van der Waals surface area contributed by atoms with Crippen molar-refractivity contribution >= 4 is 15.4 Å². The maximum Gasteiger partial charge on any atom is 0.217 e. The van der Waals surface area contributed by atoms with E-state index in [9.17, 15) is 8.42 Å². The molecule has 2 unspecified atom stereocenters. The van der Waals surface area contributed by atoms with Crippen molar-refractivity contribution in [2.75, 3.05) is 6.26 Å². The Hall–Kier alpha value is -1.43. The molecule has 2 fully saturated rings. The first-order valence-electron chi connectivity index (χ1n) is 8.47. The van der Waals surface area contributed by atoms with Gasteiger partial charge in [0.25, 0.3) is 0 Å². The van der Waals surface area contributed by atoms with Gasteiger partial charge in [0.1, 0.15) is 6.10 Å². The van der Waals surface area contributed by atoms with Gasteiger partial charge in [0.05, 0.1) is 12.2 Å². The summed E-state index contributed by atoms with van der Waals surface area (Å²) in [6.07, 6.45) is 10.0. The maximum atomic E-state index is 12.6. The third-order valence-electron chi connectivity index (χ3n) is 4.65. The van der Waals surface area contributed by atoms with Crippen LogP contribution in [0, 0.1) is 0 Å². The van der Waals surface area contributed by atoms with Crippen molar-refractivity contribution in [1.29, 1.82) is 0 Å². The molecule has 0 saturated heterocycles. The number of rotatable bonds is 6. The van der Waals surface area contributed by atoms with Crippen molar-refractivity contribution < 1.29 is 17.9 Å². The highest BCUT2D eigenvalue weighted by Gasteiger charge is 2.53. The fourth-order valence-electron chi connectivity index (χ4n) is 2.98. The van der Waals surface area contributed by atoms with E-state index in [1.54, 1.807) is 6.08 Å². The molecule has 2 atom stereocenters. The van der Waals surface area contributed by atoms with Crippen LogP contribution in [0.3, 0.4) is 0 Å². The zero-order valence-corrected chi connectivity index (χ0v) is 14.5. The third-order valence-corrected chi connectivity index (χ3v) is 6.27. The predicted octanol–water partition coefficient (Wildman–Crippen LogP) is 3.11. The van der Waals surface area contributed by atoms with Gasteiger partial charge in [-0.25, -0.2) is 8.42 Å². The Balaban J connectivity index is 1.73. The molecule has 4 rings (SSSR count). The molecule has 0 bridgehead atoms. The Morgan fingerprint density at radius 2 is 1.71 bits per heavy atom. The minimum absolute atomic E-state index is 0.0151. The molecule has 2 saturated carbocycles. The van der Waals surface area contributed by atoms with Gasteiger partial charge in [0, 0.05) is 6.26 Å². The smallest absolute Gasteiger partial charge is 0.217 e. The summed E-state index contributed by atoms with van der Waals surface area (Å²) < 4.78 is 37.4. The molecule has 0 aromatic heterocycles. The fraction of sp³-hybridized carbons (Fsp3) is 0.474. The summed E-state index contributed by atoms with van der Waals surface area (Å²) in [5, 5.41) is 0. The topological polar surface area (TPSA) is 52.6 Å². The molecule has 0 amide bonds. The normalized spacial score (nSPS) is 30.2. The minimum atomic E-state index is -3.49. The van der Waals surface area contributed by atoms with Crippen LogP contribution in [0.2, 0.25) is 0 Å². The van der Waals surface area contributed by atoms with Crippen LogP contribution in [-0.2, 0) is 19.3 Å². The zero-order chi connectivity index (χ0) is 16.8. The number of hydrogen-bond donors (Lipinski definition) is 0. The molecule has 1 aromatic carbocycles. The summed E-state index contributed by atoms with van der Waals surface area (Å²) in [7, 11) is -3.49. The molecular weight excluding hydrogens is 324 g/mol. The van der Waals surface area contributed by atoms with Gasteiger partial charge in [0.15, 0.2) is 9.84 Å². The number of sulfone groups is 1. The molecule has 0 heterocycles. The average molecular weight is 346 g/mol. The number of hydrogen-bond acceptors (Lipinski definition) is 4. The monoisotopic (exact) mass is 346 g/mol. The van der Waals surface area contributed by atoms with Crippen LogP contribution in [0.1, 0.15) is 31.2 Å². The third kappa shape index (κ3) is 3.08. The molecule has 3 aliphatic carbocycles. The van der Waals surface area contributed by atoms with E-state index in [2.05, 4.69) is 0 Å². The first-order chi connectivity index (χ1) is 11.5. The first kappa shape index (κ1) is 16.1. The number of benzene rings is 1. The molecule has 4 nitrogen and oxygen atoms in total. The second kappa shape index (κ2) is 5.83. The van der Waals surface area contributed by atoms with Gasteiger partial charge in [-0.1, -0.05) is 36.4 Å². The van der Waals surface area contributed by atoms with Crippen molar-refractivity contribution in [2.24, 2.45) is 0 Å². The van der Waals surface area contributed by atoms with E-state index in [1.807, 2.05) is 42.5 Å². The van der Waals surface area contributed by atoms with E-state index in [0.717, 1.165) is 36.8 Å². The van der Waals surface area contributed by atoms with Crippen molar-refractivity contribution in [1.82, 2.24) is 0 Å². The van der Waals surface area contributed by atoms with Crippen LogP contribution < -0.4 is 0 Å². The lowest BCUT2D eigenvalue weighted by Gasteiger charge is -2.37. The number of allylic oxidation sites excluding steroid dienone is 2. The van der Waals surface area contributed by atoms with Crippen molar-refractivity contribution in [2.45, 2.75) is 48.9 Å².